The maximum Gasteiger partial charge on any atom is 0.236 e. The second-order valence-electron chi connectivity index (χ2n) is 6.75. The molecule has 1 atom stereocenters. The van der Waals surface area contributed by atoms with Crippen LogP contribution < -0.4 is 4.74 Å². The van der Waals surface area contributed by atoms with Gasteiger partial charge in [0, 0.05) is 18.5 Å². The lowest BCUT2D eigenvalue weighted by molar-refractivity contribution is -0.0246. The van der Waals surface area contributed by atoms with Crippen LogP contribution in [-0.2, 0) is 14.8 Å². The second kappa shape index (κ2) is 9.21. The highest BCUT2D eigenvalue weighted by atomic mass is 32.2. The molecule has 1 aliphatic rings. The van der Waals surface area contributed by atoms with Gasteiger partial charge in [-0.1, -0.05) is 30.3 Å². The molecule has 9 heteroatoms. The monoisotopic (exact) mass is 426 g/mol. The molecule has 156 valence electrons. The van der Waals surface area contributed by atoms with E-state index in [1.54, 1.807) is 17.1 Å². The summed E-state index contributed by atoms with van der Waals surface area (Å²) in [7, 11) is -3.53. The van der Waals surface area contributed by atoms with Crippen LogP contribution in [0.25, 0.3) is 11.8 Å². The number of ether oxygens (including phenoxy) is 2. The minimum atomic E-state index is -3.53. The third-order valence-electron chi connectivity index (χ3n) is 4.65. The Kier molecular flexibility index (Phi) is 6.22. The molecule has 8 nitrogen and oxygen atoms in total. The van der Waals surface area contributed by atoms with Crippen LogP contribution in [0.3, 0.4) is 0 Å². The summed E-state index contributed by atoms with van der Waals surface area (Å²) >= 11 is 0. The first-order valence-corrected chi connectivity index (χ1v) is 11.0. The van der Waals surface area contributed by atoms with E-state index in [-0.39, 0.29) is 19.3 Å². The fraction of sp³-hybridized carbons (Fsp3) is 0.238. The number of aromatic nitrogens is 3. The predicted molar refractivity (Wildman–Crippen MR) is 113 cm³/mol. The first-order valence-electron chi connectivity index (χ1n) is 9.53. The van der Waals surface area contributed by atoms with Crippen LogP contribution in [0.1, 0.15) is 5.56 Å². The molecule has 2 aromatic carbocycles. The van der Waals surface area contributed by atoms with Crippen molar-refractivity contribution in [1.29, 1.82) is 0 Å². The lowest BCUT2D eigenvalue weighted by Crippen LogP contribution is -2.46. The van der Waals surface area contributed by atoms with E-state index < -0.39 is 10.0 Å². The zero-order valence-corrected chi connectivity index (χ0v) is 17.1. The van der Waals surface area contributed by atoms with Crippen LogP contribution in [0, 0.1) is 0 Å². The van der Waals surface area contributed by atoms with E-state index in [4.69, 9.17) is 9.47 Å². The van der Waals surface area contributed by atoms with Crippen LogP contribution in [0.2, 0.25) is 0 Å². The van der Waals surface area contributed by atoms with Crippen molar-refractivity contribution in [2.45, 2.75) is 6.10 Å². The molecule has 0 spiro atoms. The van der Waals surface area contributed by atoms with Gasteiger partial charge in [0.15, 0.2) is 0 Å². The number of morpholine rings is 1. The van der Waals surface area contributed by atoms with Gasteiger partial charge in [-0.05, 0) is 35.9 Å². The van der Waals surface area contributed by atoms with E-state index in [2.05, 4.69) is 10.1 Å². The summed E-state index contributed by atoms with van der Waals surface area (Å²) in [6.07, 6.45) is 4.35. The van der Waals surface area contributed by atoms with Gasteiger partial charge in [-0.3, -0.25) is 0 Å². The zero-order valence-electron chi connectivity index (χ0n) is 16.2. The topological polar surface area (TPSA) is 86.5 Å². The Morgan fingerprint density at radius 2 is 1.93 bits per heavy atom. The van der Waals surface area contributed by atoms with Gasteiger partial charge in [0.25, 0.3) is 0 Å². The average molecular weight is 426 g/mol. The van der Waals surface area contributed by atoms with Gasteiger partial charge in [0.05, 0.1) is 12.3 Å². The fourth-order valence-electron chi connectivity index (χ4n) is 3.06. The Morgan fingerprint density at radius 3 is 2.67 bits per heavy atom. The summed E-state index contributed by atoms with van der Waals surface area (Å²) in [6, 6.07) is 16.7. The molecule has 0 aliphatic carbocycles. The second-order valence-corrected chi connectivity index (χ2v) is 8.57. The SMILES string of the molecule is O=S(=O)(/C=C/c1ccccc1)N1CCOC(COc2ccc(-n3cncn3)cc2)C1. The van der Waals surface area contributed by atoms with E-state index in [0.29, 0.717) is 18.9 Å². The van der Waals surface area contributed by atoms with E-state index in [1.807, 2.05) is 54.6 Å². The Morgan fingerprint density at radius 1 is 1.13 bits per heavy atom. The highest BCUT2D eigenvalue weighted by Gasteiger charge is 2.28. The van der Waals surface area contributed by atoms with Crippen molar-refractivity contribution in [3.05, 3.63) is 78.2 Å². The van der Waals surface area contributed by atoms with Gasteiger partial charge < -0.3 is 9.47 Å². The molecule has 1 aromatic heterocycles. The molecule has 0 N–H and O–H groups in total. The smallest absolute Gasteiger partial charge is 0.236 e. The van der Waals surface area contributed by atoms with Crippen molar-refractivity contribution in [1.82, 2.24) is 19.1 Å². The first kappa shape index (κ1) is 20.3. The number of benzene rings is 2. The molecule has 1 aliphatic heterocycles. The Balaban J connectivity index is 1.33. The highest BCUT2D eigenvalue weighted by Crippen LogP contribution is 2.17. The molecular formula is C21H22N4O4S. The lowest BCUT2D eigenvalue weighted by Gasteiger charge is -2.31. The Hall–Kier alpha value is -3.01. The normalized spacial score (nSPS) is 17.9. The van der Waals surface area contributed by atoms with Gasteiger partial charge in [-0.2, -0.15) is 9.40 Å². The van der Waals surface area contributed by atoms with E-state index >= 15 is 0 Å². The molecule has 4 rings (SSSR count). The summed E-state index contributed by atoms with van der Waals surface area (Å²) in [6.45, 7) is 1.16. The molecule has 0 amide bonds. The van der Waals surface area contributed by atoms with Crippen LogP contribution in [-0.4, -0.2) is 59.9 Å². The third kappa shape index (κ3) is 5.12. The fourth-order valence-corrected chi connectivity index (χ4v) is 4.27. The minimum Gasteiger partial charge on any atom is -0.491 e. The van der Waals surface area contributed by atoms with Crippen molar-refractivity contribution in [3.63, 3.8) is 0 Å². The van der Waals surface area contributed by atoms with Crippen molar-refractivity contribution >= 4 is 16.1 Å². The number of hydrogen-bond donors (Lipinski definition) is 0. The van der Waals surface area contributed by atoms with Gasteiger partial charge in [-0.15, -0.1) is 0 Å². The molecule has 1 fully saturated rings. The van der Waals surface area contributed by atoms with Gasteiger partial charge >= 0.3 is 0 Å². The summed E-state index contributed by atoms with van der Waals surface area (Å²) in [5.41, 5.74) is 1.71. The molecule has 1 saturated heterocycles. The van der Waals surface area contributed by atoms with E-state index in [1.165, 1.54) is 16.0 Å². The Labute approximate surface area is 175 Å². The summed E-state index contributed by atoms with van der Waals surface area (Å²) < 4.78 is 39.9. The lowest BCUT2D eigenvalue weighted by atomic mass is 10.2. The maximum absolute atomic E-state index is 12.7. The summed E-state index contributed by atoms with van der Waals surface area (Å²) in [5.74, 6) is 0.673. The molecular weight excluding hydrogens is 404 g/mol. The quantitative estimate of drug-likeness (QED) is 0.576. The molecule has 30 heavy (non-hydrogen) atoms. The third-order valence-corrected chi connectivity index (χ3v) is 6.18. The van der Waals surface area contributed by atoms with Crippen LogP contribution >= 0.6 is 0 Å². The van der Waals surface area contributed by atoms with E-state index in [0.717, 1.165) is 11.3 Å². The molecule has 0 bridgehead atoms. The van der Waals surface area contributed by atoms with Crippen molar-refractivity contribution < 1.29 is 17.9 Å². The molecule has 2 heterocycles. The van der Waals surface area contributed by atoms with Gasteiger partial charge in [-0.25, -0.2) is 18.1 Å². The molecule has 0 saturated carbocycles. The van der Waals surface area contributed by atoms with Crippen LogP contribution in [0.4, 0.5) is 0 Å². The number of rotatable bonds is 7. The molecule has 1 unspecified atom stereocenters. The maximum atomic E-state index is 12.7. The largest absolute Gasteiger partial charge is 0.491 e. The summed E-state index contributed by atoms with van der Waals surface area (Å²) in [5, 5.41) is 5.32. The summed E-state index contributed by atoms with van der Waals surface area (Å²) in [4.78, 5) is 3.92. The minimum absolute atomic E-state index is 0.249. The van der Waals surface area contributed by atoms with Crippen molar-refractivity contribution in [2.75, 3.05) is 26.3 Å². The molecule has 0 radical (unpaired) electrons. The first-order chi connectivity index (χ1) is 14.6. The van der Waals surface area contributed by atoms with Gasteiger partial charge in [0.2, 0.25) is 10.0 Å². The Bertz CT molecular complexity index is 1070. The van der Waals surface area contributed by atoms with Crippen molar-refractivity contribution in [3.8, 4) is 11.4 Å². The van der Waals surface area contributed by atoms with Crippen LogP contribution in [0.5, 0.6) is 5.75 Å². The number of nitrogens with zero attached hydrogens (tertiary/aromatic N) is 4. The van der Waals surface area contributed by atoms with Crippen LogP contribution in [0.15, 0.2) is 72.7 Å². The predicted octanol–water partition coefficient (Wildman–Crippen LogP) is 2.35. The molecule has 3 aromatic rings. The van der Waals surface area contributed by atoms with Crippen molar-refractivity contribution in [2.24, 2.45) is 0 Å². The number of hydrogen-bond acceptors (Lipinski definition) is 6. The standard InChI is InChI=1S/C21H22N4O4S/c26-30(27,13-10-18-4-2-1-3-5-18)24-11-12-28-21(14-24)15-29-20-8-6-19(7-9-20)25-17-22-16-23-25/h1-10,13,16-17,21H,11-12,14-15H2/b13-10+. The zero-order chi connectivity index (χ0) is 20.8. The van der Waals surface area contributed by atoms with E-state index in [9.17, 15) is 8.42 Å². The average Bonchev–Trinajstić information content (AvgIpc) is 3.33. The highest BCUT2D eigenvalue weighted by molar-refractivity contribution is 7.92. The van der Waals surface area contributed by atoms with Gasteiger partial charge in [0.1, 0.15) is 31.1 Å². The number of sulfonamides is 1.